The Bertz CT molecular complexity index is 1540. The zero-order valence-corrected chi connectivity index (χ0v) is 20.5. The highest BCUT2D eigenvalue weighted by molar-refractivity contribution is 5.64. The number of rotatable bonds is 5. The third-order valence-electron chi connectivity index (χ3n) is 9.01. The standard InChI is InChI=1S/C27H25F2N7O/c1-25(2)16-6-8-27(25,22-15(16)12-19(33-34-22)21-17(28)4-3-5-18(21)29)20-7-11-30-24(32-20)36-14-31-23(35-36)26(13-37)9-10-26/h3-5,7,11-12,14,16,37H,6,8-10,13H2,1-2H3/t16-,27+/m0/s1. The molecule has 37 heavy (non-hydrogen) atoms. The van der Waals surface area contributed by atoms with Gasteiger partial charge in [-0.15, -0.1) is 10.2 Å². The number of fused-ring (bicyclic) bond motifs is 5. The maximum absolute atomic E-state index is 14.5. The molecule has 3 aromatic heterocycles. The highest BCUT2D eigenvalue weighted by Crippen LogP contribution is 2.69. The molecule has 0 aliphatic heterocycles. The summed E-state index contributed by atoms with van der Waals surface area (Å²) in [6, 6.07) is 7.51. The summed E-state index contributed by atoms with van der Waals surface area (Å²) in [5.74, 6) is -0.179. The van der Waals surface area contributed by atoms with E-state index in [9.17, 15) is 13.9 Å². The third-order valence-corrected chi connectivity index (χ3v) is 9.01. The SMILES string of the molecule is CC1(C)[C@H]2CC[C@@]1(c1ccnc(-n3cnc(C4(CO)CC4)n3)n1)c1nnc(-c3c(F)cccc3F)cc12. The average molecular weight is 502 g/mol. The predicted octanol–water partition coefficient (Wildman–Crippen LogP) is 4.02. The Labute approximate surface area is 211 Å². The number of hydrogen-bond donors (Lipinski definition) is 1. The van der Waals surface area contributed by atoms with E-state index in [0.717, 1.165) is 42.6 Å². The van der Waals surface area contributed by atoms with Crippen LogP contribution < -0.4 is 0 Å². The van der Waals surface area contributed by atoms with E-state index in [1.165, 1.54) is 18.2 Å². The average Bonchev–Trinajstić information content (AvgIpc) is 3.37. The first kappa shape index (κ1) is 22.5. The smallest absolute Gasteiger partial charge is 0.252 e. The number of aromatic nitrogens is 7. The first-order valence-electron chi connectivity index (χ1n) is 12.5. The molecule has 3 aliphatic carbocycles. The molecule has 10 heteroatoms. The molecule has 3 aliphatic rings. The van der Waals surface area contributed by atoms with Crippen LogP contribution >= 0.6 is 0 Å². The minimum absolute atomic E-state index is 0.0187. The van der Waals surface area contributed by atoms with Gasteiger partial charge >= 0.3 is 0 Å². The zero-order valence-electron chi connectivity index (χ0n) is 20.5. The third kappa shape index (κ3) is 2.90. The largest absolute Gasteiger partial charge is 0.395 e. The fraction of sp³-hybridized carbons (Fsp3) is 0.407. The molecule has 2 atom stereocenters. The van der Waals surface area contributed by atoms with Crippen LogP contribution in [0.2, 0.25) is 0 Å². The van der Waals surface area contributed by atoms with E-state index in [0.29, 0.717) is 11.8 Å². The van der Waals surface area contributed by atoms with Crippen LogP contribution in [0, 0.1) is 17.0 Å². The summed E-state index contributed by atoms with van der Waals surface area (Å²) in [6.45, 7) is 4.41. The predicted molar refractivity (Wildman–Crippen MR) is 129 cm³/mol. The molecule has 7 rings (SSSR count). The van der Waals surface area contributed by atoms with Crippen molar-refractivity contribution in [3.63, 3.8) is 0 Å². The highest BCUT2D eigenvalue weighted by Gasteiger charge is 2.65. The second-order valence-corrected chi connectivity index (χ2v) is 11.0. The van der Waals surface area contributed by atoms with Crippen LogP contribution in [-0.2, 0) is 10.8 Å². The lowest BCUT2D eigenvalue weighted by molar-refractivity contribution is 0.242. The van der Waals surface area contributed by atoms with Gasteiger partial charge in [0.15, 0.2) is 5.82 Å². The van der Waals surface area contributed by atoms with E-state index in [-0.39, 0.29) is 34.6 Å². The highest BCUT2D eigenvalue weighted by atomic mass is 19.1. The first-order valence-corrected chi connectivity index (χ1v) is 12.5. The molecular weight excluding hydrogens is 476 g/mol. The van der Waals surface area contributed by atoms with Gasteiger partial charge in [0.1, 0.15) is 18.0 Å². The van der Waals surface area contributed by atoms with Gasteiger partial charge in [-0.3, -0.25) is 0 Å². The van der Waals surface area contributed by atoms with Crippen molar-refractivity contribution in [3.8, 4) is 17.2 Å². The number of nitrogens with zero attached hydrogens (tertiary/aromatic N) is 7. The summed E-state index contributed by atoms with van der Waals surface area (Å²) in [6.07, 6.45) is 6.75. The summed E-state index contributed by atoms with van der Waals surface area (Å²) < 4.78 is 30.6. The molecule has 0 saturated heterocycles. The number of aliphatic hydroxyl groups is 1. The maximum Gasteiger partial charge on any atom is 0.252 e. The Hall–Kier alpha value is -3.66. The lowest BCUT2D eigenvalue weighted by atomic mass is 9.66. The monoisotopic (exact) mass is 501 g/mol. The summed E-state index contributed by atoms with van der Waals surface area (Å²) in [4.78, 5) is 13.8. The Morgan fingerprint density at radius 2 is 1.84 bits per heavy atom. The molecule has 2 fully saturated rings. The molecule has 3 heterocycles. The van der Waals surface area contributed by atoms with Crippen LogP contribution in [0.25, 0.3) is 17.2 Å². The molecular formula is C27H25F2N7O. The Kier molecular flexibility index (Phi) is 4.53. The summed E-state index contributed by atoms with van der Waals surface area (Å²) in [5.41, 5.74) is 1.47. The molecule has 0 radical (unpaired) electrons. The van der Waals surface area contributed by atoms with Crippen molar-refractivity contribution in [2.24, 2.45) is 5.41 Å². The van der Waals surface area contributed by atoms with E-state index >= 15 is 0 Å². The number of benzene rings is 1. The molecule has 1 aromatic carbocycles. The topological polar surface area (TPSA) is 102 Å². The molecule has 4 aromatic rings. The first-order chi connectivity index (χ1) is 17.8. The van der Waals surface area contributed by atoms with E-state index in [2.05, 4.69) is 39.1 Å². The van der Waals surface area contributed by atoms with Crippen molar-refractivity contribution in [1.29, 1.82) is 0 Å². The minimum atomic E-state index is -0.659. The summed E-state index contributed by atoms with van der Waals surface area (Å²) in [7, 11) is 0. The van der Waals surface area contributed by atoms with Crippen LogP contribution in [0.4, 0.5) is 8.78 Å². The van der Waals surface area contributed by atoms with Gasteiger partial charge in [-0.2, -0.15) is 9.78 Å². The molecule has 188 valence electrons. The van der Waals surface area contributed by atoms with Crippen molar-refractivity contribution < 1.29 is 13.9 Å². The van der Waals surface area contributed by atoms with Crippen molar-refractivity contribution >= 4 is 0 Å². The Morgan fingerprint density at radius 3 is 2.57 bits per heavy atom. The Balaban J connectivity index is 1.33. The van der Waals surface area contributed by atoms with Crippen molar-refractivity contribution in [3.05, 3.63) is 77.3 Å². The van der Waals surface area contributed by atoms with Gasteiger partial charge in [0, 0.05) is 6.20 Å². The Morgan fingerprint density at radius 1 is 1.05 bits per heavy atom. The fourth-order valence-corrected chi connectivity index (χ4v) is 6.66. The molecule has 2 bridgehead atoms. The van der Waals surface area contributed by atoms with Gasteiger partial charge < -0.3 is 5.11 Å². The van der Waals surface area contributed by atoms with Gasteiger partial charge in [0.2, 0.25) is 0 Å². The molecule has 8 nitrogen and oxygen atoms in total. The zero-order chi connectivity index (χ0) is 25.6. The van der Waals surface area contributed by atoms with Crippen molar-refractivity contribution in [2.75, 3.05) is 6.61 Å². The number of hydrogen-bond acceptors (Lipinski definition) is 7. The summed E-state index contributed by atoms with van der Waals surface area (Å²) >= 11 is 0. The van der Waals surface area contributed by atoms with E-state index < -0.39 is 17.0 Å². The number of halogens is 2. The van der Waals surface area contributed by atoms with E-state index in [1.54, 1.807) is 23.3 Å². The summed E-state index contributed by atoms with van der Waals surface area (Å²) in [5, 5.41) is 23.2. The molecule has 1 N–H and O–H groups in total. The second-order valence-electron chi connectivity index (χ2n) is 11.0. The van der Waals surface area contributed by atoms with Gasteiger partial charge in [-0.1, -0.05) is 19.9 Å². The fourth-order valence-electron chi connectivity index (χ4n) is 6.66. The second kappa shape index (κ2) is 7.44. The van der Waals surface area contributed by atoms with E-state index in [1.807, 2.05) is 6.07 Å². The van der Waals surface area contributed by atoms with Gasteiger partial charge in [0.05, 0.1) is 40.1 Å². The molecule has 0 unspecified atom stereocenters. The van der Waals surface area contributed by atoms with Crippen LogP contribution in [-0.4, -0.2) is 46.6 Å². The van der Waals surface area contributed by atoms with Gasteiger partial charge in [0.25, 0.3) is 5.95 Å². The minimum Gasteiger partial charge on any atom is -0.395 e. The van der Waals surface area contributed by atoms with Gasteiger partial charge in [-0.05, 0) is 66.8 Å². The van der Waals surface area contributed by atoms with Crippen LogP contribution in [0.5, 0.6) is 0 Å². The van der Waals surface area contributed by atoms with Crippen molar-refractivity contribution in [1.82, 2.24) is 34.9 Å². The van der Waals surface area contributed by atoms with Crippen molar-refractivity contribution in [2.45, 2.75) is 56.3 Å². The normalized spacial score (nSPS) is 24.3. The lowest BCUT2D eigenvalue weighted by Crippen LogP contribution is -2.38. The maximum atomic E-state index is 14.5. The lowest BCUT2D eigenvalue weighted by Gasteiger charge is -2.37. The van der Waals surface area contributed by atoms with Gasteiger partial charge in [-0.25, -0.2) is 23.7 Å². The van der Waals surface area contributed by atoms with Crippen LogP contribution in [0.3, 0.4) is 0 Å². The molecule has 2 saturated carbocycles. The van der Waals surface area contributed by atoms with Crippen LogP contribution in [0.1, 0.15) is 68.2 Å². The molecule has 0 spiro atoms. The van der Waals surface area contributed by atoms with E-state index in [4.69, 9.17) is 4.98 Å². The quantitative estimate of drug-likeness (QED) is 0.441. The van der Waals surface area contributed by atoms with Crippen LogP contribution in [0.15, 0.2) is 42.9 Å². The number of aliphatic hydroxyl groups excluding tert-OH is 1. The molecule has 0 amide bonds.